The van der Waals surface area contributed by atoms with E-state index in [1.165, 1.54) is 91.1 Å². The SMILES string of the molecule is CC1CCCCC1.CC1CCN(COc2ccccc2)CC1.COCN1CCC(C)CC1.COS(=O)N1CCC(C)CC1. The van der Waals surface area contributed by atoms with Crippen molar-refractivity contribution in [2.45, 2.75) is 98.3 Å². The number of rotatable bonds is 7. The van der Waals surface area contributed by atoms with Crippen LogP contribution in [0.1, 0.15) is 98.3 Å². The molecule has 8 heteroatoms. The van der Waals surface area contributed by atoms with Gasteiger partial charge in [0, 0.05) is 46.4 Å². The quantitative estimate of drug-likeness (QED) is 0.312. The molecule has 5 rings (SSSR count). The standard InChI is InChI=1S/C13H19NO.C8H17NO.C7H15NO2S.C7H14/c1-12-7-9-14(10-8-12)11-15-13-5-3-2-4-6-13;1-8-3-5-9(6-4-8)7-10-2;1-7-3-5-8(6-4-7)11(9)10-2;1-7-5-3-2-4-6-7/h2-6,12H,7-11H2,1H3;8H,3-7H2,1-2H3;7H,3-6H2,1-2H3;7H,2-6H2,1H3. The molecule has 3 heterocycles. The van der Waals surface area contributed by atoms with E-state index in [-0.39, 0.29) is 0 Å². The summed E-state index contributed by atoms with van der Waals surface area (Å²) < 4.78 is 28.4. The van der Waals surface area contributed by atoms with E-state index in [1.54, 1.807) is 7.11 Å². The van der Waals surface area contributed by atoms with Crippen LogP contribution in [0.25, 0.3) is 0 Å². The van der Waals surface area contributed by atoms with E-state index in [0.717, 1.165) is 68.8 Å². The molecule has 43 heavy (non-hydrogen) atoms. The number of ether oxygens (including phenoxy) is 2. The van der Waals surface area contributed by atoms with Gasteiger partial charge in [0.1, 0.15) is 12.5 Å². The van der Waals surface area contributed by atoms with E-state index >= 15 is 0 Å². The first-order valence-electron chi connectivity index (χ1n) is 17.1. The van der Waals surface area contributed by atoms with Crippen LogP contribution >= 0.6 is 0 Å². The number of nitrogens with zero attached hydrogens (tertiary/aromatic N) is 3. The van der Waals surface area contributed by atoms with Crippen molar-refractivity contribution in [1.82, 2.24) is 14.1 Å². The Morgan fingerprint density at radius 3 is 1.49 bits per heavy atom. The number of benzene rings is 1. The summed E-state index contributed by atoms with van der Waals surface area (Å²) in [6.45, 7) is 17.4. The average molecular weight is 624 g/mol. The predicted molar refractivity (Wildman–Crippen MR) is 181 cm³/mol. The topological polar surface area (TPSA) is 54.5 Å². The van der Waals surface area contributed by atoms with Crippen molar-refractivity contribution in [2.75, 3.05) is 66.9 Å². The van der Waals surface area contributed by atoms with E-state index in [4.69, 9.17) is 13.7 Å². The van der Waals surface area contributed by atoms with Gasteiger partial charge in [-0.15, -0.1) is 0 Å². The van der Waals surface area contributed by atoms with Gasteiger partial charge in [0.2, 0.25) is 11.3 Å². The molecule has 1 aromatic carbocycles. The summed E-state index contributed by atoms with van der Waals surface area (Å²) in [4.78, 5) is 4.74. The van der Waals surface area contributed by atoms with Crippen molar-refractivity contribution in [3.63, 3.8) is 0 Å². The fourth-order valence-corrected chi connectivity index (χ4v) is 6.51. The number of hydrogen-bond donors (Lipinski definition) is 0. The molecular formula is C35H65N3O4S. The molecule has 0 bridgehead atoms. The van der Waals surface area contributed by atoms with Crippen LogP contribution in [0.3, 0.4) is 0 Å². The highest BCUT2D eigenvalue weighted by molar-refractivity contribution is 7.77. The molecule has 1 unspecified atom stereocenters. The summed E-state index contributed by atoms with van der Waals surface area (Å²) >= 11 is -1.20. The molecular weight excluding hydrogens is 558 g/mol. The lowest BCUT2D eigenvalue weighted by atomic mass is 9.91. The van der Waals surface area contributed by atoms with Crippen LogP contribution in [0.5, 0.6) is 5.75 Å². The van der Waals surface area contributed by atoms with E-state index < -0.39 is 11.3 Å². The zero-order valence-electron chi connectivity index (χ0n) is 28.5. The van der Waals surface area contributed by atoms with E-state index in [9.17, 15) is 4.21 Å². The fraction of sp³-hybridized carbons (Fsp3) is 0.829. The number of para-hydroxylation sites is 1. The van der Waals surface area contributed by atoms with Crippen LogP contribution < -0.4 is 4.74 Å². The molecule has 1 aliphatic carbocycles. The Morgan fingerprint density at radius 2 is 1.07 bits per heavy atom. The Hall–Kier alpha value is -1.03. The highest BCUT2D eigenvalue weighted by atomic mass is 32.2. The second kappa shape index (κ2) is 23.3. The Bertz CT molecular complexity index is 803. The van der Waals surface area contributed by atoms with E-state index in [2.05, 4.69) is 37.5 Å². The Kier molecular flexibility index (Phi) is 20.7. The van der Waals surface area contributed by atoms with Crippen molar-refractivity contribution in [2.24, 2.45) is 23.7 Å². The third kappa shape index (κ3) is 17.9. The van der Waals surface area contributed by atoms with Crippen LogP contribution in [-0.2, 0) is 20.2 Å². The second-order valence-electron chi connectivity index (χ2n) is 13.3. The van der Waals surface area contributed by atoms with Gasteiger partial charge in [0.25, 0.3) is 0 Å². The molecule has 1 saturated carbocycles. The molecule has 0 aromatic heterocycles. The number of hydrogen-bond acceptors (Lipinski definition) is 6. The first-order chi connectivity index (χ1) is 20.8. The molecule has 4 fully saturated rings. The molecule has 0 amide bonds. The van der Waals surface area contributed by atoms with Crippen molar-refractivity contribution >= 4 is 11.3 Å². The van der Waals surface area contributed by atoms with E-state index in [0.29, 0.717) is 0 Å². The lowest BCUT2D eigenvalue weighted by molar-refractivity contribution is 0.0414. The normalized spacial score (nSPS) is 22.7. The van der Waals surface area contributed by atoms with E-state index in [1.807, 2.05) is 34.6 Å². The summed E-state index contributed by atoms with van der Waals surface area (Å²) in [5.41, 5.74) is 0. The van der Waals surface area contributed by atoms with Gasteiger partial charge in [-0.2, -0.15) is 0 Å². The third-order valence-electron chi connectivity index (χ3n) is 9.21. The lowest BCUT2D eigenvalue weighted by Gasteiger charge is -2.29. The monoisotopic (exact) mass is 623 g/mol. The molecule has 250 valence electrons. The molecule has 3 aliphatic heterocycles. The van der Waals surface area contributed by atoms with Gasteiger partial charge < -0.3 is 9.47 Å². The average Bonchev–Trinajstić information content (AvgIpc) is 3.04. The molecule has 1 aromatic rings. The maximum Gasteiger partial charge on any atom is 0.236 e. The molecule has 0 radical (unpaired) electrons. The van der Waals surface area contributed by atoms with Gasteiger partial charge in [-0.1, -0.05) is 78.0 Å². The number of likely N-dealkylation sites (tertiary alicyclic amines) is 2. The summed E-state index contributed by atoms with van der Waals surface area (Å²) in [5, 5.41) is 0. The Morgan fingerprint density at radius 1 is 0.628 bits per heavy atom. The highest BCUT2D eigenvalue weighted by Gasteiger charge is 2.20. The molecule has 4 aliphatic rings. The van der Waals surface area contributed by atoms with Gasteiger partial charge in [0.15, 0.2) is 0 Å². The highest BCUT2D eigenvalue weighted by Crippen LogP contribution is 2.22. The zero-order valence-corrected chi connectivity index (χ0v) is 29.3. The predicted octanol–water partition coefficient (Wildman–Crippen LogP) is 7.61. The van der Waals surface area contributed by atoms with Crippen LogP contribution in [0.4, 0.5) is 0 Å². The minimum atomic E-state index is -1.20. The van der Waals surface area contributed by atoms with Gasteiger partial charge in [-0.25, -0.2) is 8.51 Å². The Labute approximate surface area is 267 Å². The van der Waals surface area contributed by atoms with Crippen molar-refractivity contribution in [3.8, 4) is 5.75 Å². The largest absolute Gasteiger partial charge is 0.478 e. The lowest BCUT2D eigenvalue weighted by Crippen LogP contribution is -2.35. The first kappa shape index (κ1) is 38.2. The van der Waals surface area contributed by atoms with Crippen LogP contribution in [0.2, 0.25) is 0 Å². The summed E-state index contributed by atoms with van der Waals surface area (Å²) in [6.07, 6.45) is 15.0. The smallest absolute Gasteiger partial charge is 0.236 e. The van der Waals surface area contributed by atoms with Crippen LogP contribution in [-0.4, -0.2) is 85.3 Å². The maximum atomic E-state index is 11.1. The maximum absolute atomic E-state index is 11.1. The zero-order chi connectivity index (χ0) is 31.3. The van der Waals surface area contributed by atoms with Gasteiger partial charge >= 0.3 is 0 Å². The summed E-state index contributed by atoms with van der Waals surface area (Å²) in [6, 6.07) is 10.0. The van der Waals surface area contributed by atoms with Crippen LogP contribution in [0.15, 0.2) is 30.3 Å². The molecule has 7 nitrogen and oxygen atoms in total. The Balaban J connectivity index is 0.000000207. The van der Waals surface area contributed by atoms with Crippen molar-refractivity contribution < 1.29 is 17.9 Å². The van der Waals surface area contributed by atoms with Gasteiger partial charge in [-0.3, -0.25) is 14.0 Å². The third-order valence-corrected chi connectivity index (χ3v) is 10.3. The van der Waals surface area contributed by atoms with Gasteiger partial charge in [-0.05, 0) is 74.3 Å². The summed E-state index contributed by atoms with van der Waals surface area (Å²) in [5.74, 6) is 4.59. The first-order valence-corrected chi connectivity index (χ1v) is 18.2. The van der Waals surface area contributed by atoms with Crippen LogP contribution in [0, 0.1) is 23.7 Å². The second-order valence-corrected chi connectivity index (χ2v) is 14.6. The van der Waals surface area contributed by atoms with Gasteiger partial charge in [0.05, 0.1) is 13.8 Å². The van der Waals surface area contributed by atoms with Crippen molar-refractivity contribution in [3.05, 3.63) is 30.3 Å². The minimum absolute atomic E-state index is 0.733. The molecule has 0 N–H and O–H groups in total. The number of piperidine rings is 3. The summed E-state index contributed by atoms with van der Waals surface area (Å²) in [7, 11) is 3.24. The fourth-order valence-electron chi connectivity index (χ4n) is 5.79. The number of methoxy groups -OCH3 is 1. The van der Waals surface area contributed by atoms with Crippen molar-refractivity contribution in [1.29, 1.82) is 0 Å². The molecule has 1 atom stereocenters. The minimum Gasteiger partial charge on any atom is -0.478 e. The molecule has 3 saturated heterocycles. The molecule has 0 spiro atoms.